The molecule has 0 bridgehead atoms. The fourth-order valence-electron chi connectivity index (χ4n) is 1.85. The molecule has 0 heterocycles. The zero-order valence-electron chi connectivity index (χ0n) is 10.8. The summed E-state index contributed by atoms with van der Waals surface area (Å²) >= 11 is 5.94. The molecule has 0 unspecified atom stereocenters. The van der Waals surface area contributed by atoms with Gasteiger partial charge in [0.1, 0.15) is 11.6 Å². The molecule has 2 aromatic rings. The van der Waals surface area contributed by atoms with Crippen LogP contribution in [0.2, 0.25) is 5.02 Å². The quantitative estimate of drug-likeness (QED) is 0.895. The van der Waals surface area contributed by atoms with Crippen molar-refractivity contribution in [1.29, 1.82) is 0 Å². The topological polar surface area (TPSA) is 21.3 Å². The van der Waals surface area contributed by atoms with Gasteiger partial charge in [0, 0.05) is 17.1 Å². The number of halogens is 2. The first-order valence-electron chi connectivity index (χ1n) is 5.92. The Balaban J connectivity index is 2.18. The largest absolute Gasteiger partial charge is 0.495 e. The number of anilines is 1. The van der Waals surface area contributed by atoms with Crippen LogP contribution < -0.4 is 10.1 Å². The molecule has 0 fully saturated rings. The maximum atomic E-state index is 13.6. The minimum atomic E-state index is -0.223. The highest BCUT2D eigenvalue weighted by atomic mass is 35.5. The van der Waals surface area contributed by atoms with E-state index in [0.29, 0.717) is 22.9 Å². The van der Waals surface area contributed by atoms with Crippen LogP contribution in [0.5, 0.6) is 5.75 Å². The molecular formula is C15H15ClFNO. The van der Waals surface area contributed by atoms with Gasteiger partial charge in [-0.3, -0.25) is 0 Å². The van der Waals surface area contributed by atoms with Crippen LogP contribution >= 0.6 is 11.6 Å². The van der Waals surface area contributed by atoms with E-state index in [1.807, 2.05) is 13.0 Å². The lowest BCUT2D eigenvalue weighted by atomic mass is 10.1. The predicted octanol–water partition coefficient (Wildman–Crippen LogP) is 4.41. The van der Waals surface area contributed by atoms with Crippen molar-refractivity contribution in [3.05, 3.63) is 58.4 Å². The van der Waals surface area contributed by atoms with Gasteiger partial charge in [0.05, 0.1) is 12.8 Å². The molecule has 0 aliphatic carbocycles. The van der Waals surface area contributed by atoms with Gasteiger partial charge < -0.3 is 10.1 Å². The third kappa shape index (κ3) is 3.38. The lowest BCUT2D eigenvalue weighted by molar-refractivity contribution is 0.416. The number of aryl methyl sites for hydroxylation is 1. The molecule has 0 aliphatic rings. The Kier molecular flexibility index (Phi) is 4.27. The molecule has 0 aromatic heterocycles. The molecule has 0 radical (unpaired) electrons. The van der Waals surface area contributed by atoms with Gasteiger partial charge in [-0.2, -0.15) is 0 Å². The highest BCUT2D eigenvalue weighted by Crippen LogP contribution is 2.28. The van der Waals surface area contributed by atoms with Crippen LogP contribution in [0.4, 0.5) is 10.1 Å². The van der Waals surface area contributed by atoms with Crippen molar-refractivity contribution >= 4 is 17.3 Å². The second-order valence-electron chi connectivity index (χ2n) is 4.29. The van der Waals surface area contributed by atoms with E-state index in [1.165, 1.54) is 6.07 Å². The van der Waals surface area contributed by atoms with E-state index >= 15 is 0 Å². The molecule has 0 aliphatic heterocycles. The van der Waals surface area contributed by atoms with Crippen molar-refractivity contribution in [2.75, 3.05) is 12.4 Å². The van der Waals surface area contributed by atoms with Crippen molar-refractivity contribution in [2.24, 2.45) is 0 Å². The van der Waals surface area contributed by atoms with Gasteiger partial charge in [-0.25, -0.2) is 4.39 Å². The Bertz CT molecular complexity index is 586. The first kappa shape index (κ1) is 13.7. The summed E-state index contributed by atoms with van der Waals surface area (Å²) in [6.45, 7) is 2.31. The van der Waals surface area contributed by atoms with Crippen LogP contribution in [0.15, 0.2) is 36.4 Å². The van der Waals surface area contributed by atoms with Crippen molar-refractivity contribution in [3.63, 3.8) is 0 Å². The third-order valence-electron chi connectivity index (χ3n) is 2.83. The molecule has 0 amide bonds. The predicted molar refractivity (Wildman–Crippen MR) is 76.5 cm³/mol. The van der Waals surface area contributed by atoms with Crippen LogP contribution in [0.25, 0.3) is 0 Å². The van der Waals surface area contributed by atoms with Crippen molar-refractivity contribution in [3.8, 4) is 5.75 Å². The minimum absolute atomic E-state index is 0.223. The van der Waals surface area contributed by atoms with Gasteiger partial charge in [0.2, 0.25) is 0 Å². The van der Waals surface area contributed by atoms with E-state index < -0.39 is 0 Å². The summed E-state index contributed by atoms with van der Waals surface area (Å²) in [7, 11) is 1.58. The van der Waals surface area contributed by atoms with Crippen LogP contribution in [0, 0.1) is 12.7 Å². The second kappa shape index (κ2) is 5.93. The Morgan fingerprint density at radius 2 is 2.00 bits per heavy atom. The second-order valence-corrected chi connectivity index (χ2v) is 4.73. The average Bonchev–Trinajstić information content (AvgIpc) is 2.40. The minimum Gasteiger partial charge on any atom is -0.495 e. The average molecular weight is 280 g/mol. The van der Waals surface area contributed by atoms with Crippen molar-refractivity contribution in [1.82, 2.24) is 0 Å². The fraction of sp³-hybridized carbons (Fsp3) is 0.200. The van der Waals surface area contributed by atoms with E-state index in [4.69, 9.17) is 16.3 Å². The number of benzene rings is 2. The molecule has 1 N–H and O–H groups in total. The molecule has 2 nitrogen and oxygen atoms in total. The molecule has 2 aromatic carbocycles. The van der Waals surface area contributed by atoms with Crippen molar-refractivity contribution in [2.45, 2.75) is 13.5 Å². The highest BCUT2D eigenvalue weighted by Gasteiger charge is 2.06. The Labute approximate surface area is 117 Å². The van der Waals surface area contributed by atoms with Crippen LogP contribution in [0.3, 0.4) is 0 Å². The number of rotatable bonds is 4. The first-order chi connectivity index (χ1) is 9.10. The molecule has 4 heteroatoms. The van der Waals surface area contributed by atoms with Gasteiger partial charge in [0.15, 0.2) is 0 Å². The zero-order chi connectivity index (χ0) is 13.8. The zero-order valence-corrected chi connectivity index (χ0v) is 11.6. The standard InChI is InChI=1S/C15H15ClFNO/c1-10-3-5-13(17)11(7-10)9-18-14-8-12(16)4-6-15(14)19-2/h3-8,18H,9H2,1-2H3. The summed E-state index contributed by atoms with van der Waals surface area (Å²) in [5, 5.41) is 3.74. The summed E-state index contributed by atoms with van der Waals surface area (Å²) in [6, 6.07) is 10.3. The Morgan fingerprint density at radius 1 is 1.21 bits per heavy atom. The van der Waals surface area contributed by atoms with Crippen LogP contribution in [-0.4, -0.2) is 7.11 Å². The maximum absolute atomic E-state index is 13.6. The fourth-order valence-corrected chi connectivity index (χ4v) is 2.02. The molecule has 19 heavy (non-hydrogen) atoms. The molecule has 0 saturated carbocycles. The van der Waals surface area contributed by atoms with E-state index in [0.717, 1.165) is 11.3 Å². The monoisotopic (exact) mass is 279 g/mol. The summed E-state index contributed by atoms with van der Waals surface area (Å²) < 4.78 is 18.9. The van der Waals surface area contributed by atoms with E-state index in [1.54, 1.807) is 31.4 Å². The summed E-state index contributed by atoms with van der Waals surface area (Å²) in [5.74, 6) is 0.455. The van der Waals surface area contributed by atoms with Crippen molar-refractivity contribution < 1.29 is 9.13 Å². The van der Waals surface area contributed by atoms with Crippen LogP contribution in [0.1, 0.15) is 11.1 Å². The molecule has 100 valence electrons. The number of methoxy groups -OCH3 is 1. The van der Waals surface area contributed by atoms with Gasteiger partial charge >= 0.3 is 0 Å². The maximum Gasteiger partial charge on any atom is 0.142 e. The van der Waals surface area contributed by atoms with E-state index in [9.17, 15) is 4.39 Å². The molecular weight excluding hydrogens is 265 g/mol. The number of nitrogens with one attached hydrogen (secondary N) is 1. The number of hydrogen-bond donors (Lipinski definition) is 1. The summed E-state index contributed by atoms with van der Waals surface area (Å²) in [6.07, 6.45) is 0. The van der Waals surface area contributed by atoms with E-state index in [-0.39, 0.29) is 5.82 Å². The molecule has 0 atom stereocenters. The Morgan fingerprint density at radius 3 is 2.74 bits per heavy atom. The number of hydrogen-bond acceptors (Lipinski definition) is 2. The number of ether oxygens (including phenoxy) is 1. The first-order valence-corrected chi connectivity index (χ1v) is 6.30. The molecule has 0 spiro atoms. The lowest BCUT2D eigenvalue weighted by Crippen LogP contribution is -2.03. The third-order valence-corrected chi connectivity index (χ3v) is 3.07. The normalized spacial score (nSPS) is 10.3. The van der Waals surface area contributed by atoms with Crippen LogP contribution in [-0.2, 0) is 6.54 Å². The van der Waals surface area contributed by atoms with Gasteiger partial charge in [-0.05, 0) is 31.2 Å². The smallest absolute Gasteiger partial charge is 0.142 e. The van der Waals surface area contributed by atoms with Gasteiger partial charge in [0.25, 0.3) is 0 Å². The Hall–Kier alpha value is -1.74. The molecule has 2 rings (SSSR count). The summed E-state index contributed by atoms with van der Waals surface area (Å²) in [4.78, 5) is 0. The van der Waals surface area contributed by atoms with Gasteiger partial charge in [-0.1, -0.05) is 29.3 Å². The summed E-state index contributed by atoms with van der Waals surface area (Å²) in [5.41, 5.74) is 2.38. The van der Waals surface area contributed by atoms with E-state index in [2.05, 4.69) is 5.32 Å². The SMILES string of the molecule is COc1ccc(Cl)cc1NCc1cc(C)ccc1F. The lowest BCUT2D eigenvalue weighted by Gasteiger charge is -2.12. The molecule has 0 saturated heterocycles. The van der Waals surface area contributed by atoms with Gasteiger partial charge in [-0.15, -0.1) is 0 Å². The highest BCUT2D eigenvalue weighted by molar-refractivity contribution is 6.30.